The number of unbranched alkanes of at least 4 members (excludes halogenated alkanes) is 1. The van der Waals surface area contributed by atoms with Gasteiger partial charge in [-0.3, -0.25) is 14.3 Å². The van der Waals surface area contributed by atoms with Crippen molar-refractivity contribution < 1.29 is 14.3 Å². The van der Waals surface area contributed by atoms with Crippen molar-refractivity contribution in [1.82, 2.24) is 19.6 Å². The molecule has 0 unspecified atom stereocenters. The first-order valence-electron chi connectivity index (χ1n) is 9.34. The van der Waals surface area contributed by atoms with Gasteiger partial charge in [-0.15, -0.1) is 0 Å². The summed E-state index contributed by atoms with van der Waals surface area (Å²) in [6.45, 7) is 5.47. The van der Waals surface area contributed by atoms with Crippen molar-refractivity contribution in [2.75, 3.05) is 32.8 Å². The van der Waals surface area contributed by atoms with Crippen molar-refractivity contribution >= 4 is 11.8 Å². The molecule has 0 aromatic carbocycles. The van der Waals surface area contributed by atoms with E-state index in [0.29, 0.717) is 26.1 Å². The van der Waals surface area contributed by atoms with Crippen LogP contribution in [-0.4, -0.2) is 64.2 Å². The fourth-order valence-corrected chi connectivity index (χ4v) is 3.53. The number of amides is 2. The van der Waals surface area contributed by atoms with E-state index in [1.165, 1.54) is 0 Å². The molecule has 7 nitrogen and oxygen atoms in total. The van der Waals surface area contributed by atoms with Crippen LogP contribution in [-0.2, 0) is 20.9 Å². The van der Waals surface area contributed by atoms with Gasteiger partial charge in [-0.2, -0.15) is 5.10 Å². The standard InChI is InChI=1S/C18H28N4O3/c1-2-3-6-17(23)21-11-15-7-8-19-22(15)16(12-21)13-25-14-18(24)20-9-4-5-10-20/h7-8,16H,2-6,9-14H2,1H3/t16-/m1/s1. The third kappa shape index (κ3) is 4.39. The highest BCUT2D eigenvalue weighted by Gasteiger charge is 2.28. The van der Waals surface area contributed by atoms with Crippen LogP contribution < -0.4 is 0 Å². The van der Waals surface area contributed by atoms with Crippen LogP contribution in [0.5, 0.6) is 0 Å². The summed E-state index contributed by atoms with van der Waals surface area (Å²) in [5.74, 6) is 0.248. The van der Waals surface area contributed by atoms with Gasteiger partial charge in [-0.05, 0) is 25.3 Å². The zero-order chi connectivity index (χ0) is 17.6. The molecule has 3 rings (SSSR count). The number of ether oxygens (including phenoxy) is 1. The van der Waals surface area contributed by atoms with E-state index in [1.54, 1.807) is 6.20 Å². The average Bonchev–Trinajstić information content (AvgIpc) is 3.30. The zero-order valence-corrected chi connectivity index (χ0v) is 15.0. The van der Waals surface area contributed by atoms with E-state index in [1.807, 2.05) is 20.5 Å². The SMILES string of the molecule is CCCCC(=O)N1Cc2ccnn2[C@@H](COCC(=O)N2CCCC2)C1. The molecule has 1 aromatic rings. The maximum atomic E-state index is 12.4. The Bertz CT molecular complexity index is 595. The number of hydrogen-bond donors (Lipinski definition) is 0. The van der Waals surface area contributed by atoms with Crippen LogP contribution in [0.1, 0.15) is 50.8 Å². The van der Waals surface area contributed by atoms with Crippen molar-refractivity contribution in [3.63, 3.8) is 0 Å². The predicted octanol–water partition coefficient (Wildman–Crippen LogP) is 1.60. The van der Waals surface area contributed by atoms with Crippen LogP contribution in [0, 0.1) is 0 Å². The molecule has 1 saturated heterocycles. The lowest BCUT2D eigenvalue weighted by Crippen LogP contribution is -2.43. The van der Waals surface area contributed by atoms with Crippen molar-refractivity contribution in [2.45, 2.75) is 51.6 Å². The molecule has 138 valence electrons. The van der Waals surface area contributed by atoms with Gasteiger partial charge in [0.2, 0.25) is 11.8 Å². The minimum atomic E-state index is -0.0318. The van der Waals surface area contributed by atoms with Crippen LogP contribution in [0.25, 0.3) is 0 Å². The normalized spacial score (nSPS) is 20.0. The molecule has 2 aliphatic rings. The maximum Gasteiger partial charge on any atom is 0.248 e. The van der Waals surface area contributed by atoms with E-state index < -0.39 is 0 Å². The molecule has 1 aromatic heterocycles. The fraction of sp³-hybridized carbons (Fsp3) is 0.722. The zero-order valence-electron chi connectivity index (χ0n) is 15.0. The van der Waals surface area contributed by atoms with Crippen molar-refractivity contribution in [3.05, 3.63) is 18.0 Å². The number of aromatic nitrogens is 2. The van der Waals surface area contributed by atoms with Crippen LogP contribution in [0.15, 0.2) is 12.3 Å². The smallest absolute Gasteiger partial charge is 0.248 e. The Kier molecular flexibility index (Phi) is 6.07. The summed E-state index contributed by atoms with van der Waals surface area (Å²) >= 11 is 0. The molecule has 0 radical (unpaired) electrons. The number of rotatable bonds is 7. The Hall–Kier alpha value is -1.89. The van der Waals surface area contributed by atoms with Gasteiger partial charge in [-0.1, -0.05) is 13.3 Å². The van der Waals surface area contributed by atoms with E-state index in [-0.39, 0.29) is 24.5 Å². The van der Waals surface area contributed by atoms with Gasteiger partial charge < -0.3 is 14.5 Å². The molecule has 7 heteroatoms. The maximum absolute atomic E-state index is 12.4. The molecule has 1 fully saturated rings. The first kappa shape index (κ1) is 17.9. The summed E-state index contributed by atoms with van der Waals surface area (Å²) in [7, 11) is 0. The molecule has 3 heterocycles. The summed E-state index contributed by atoms with van der Waals surface area (Å²) in [5, 5.41) is 4.37. The topological polar surface area (TPSA) is 67.7 Å². The lowest BCUT2D eigenvalue weighted by Gasteiger charge is -2.34. The van der Waals surface area contributed by atoms with Crippen molar-refractivity contribution in [2.24, 2.45) is 0 Å². The number of carbonyl (C=O) groups excluding carboxylic acids is 2. The summed E-state index contributed by atoms with van der Waals surface area (Å²) in [5.41, 5.74) is 1.02. The van der Waals surface area contributed by atoms with E-state index in [4.69, 9.17) is 4.74 Å². The molecule has 2 amide bonds. The molecular formula is C18H28N4O3. The van der Waals surface area contributed by atoms with Crippen LogP contribution >= 0.6 is 0 Å². The molecule has 0 bridgehead atoms. The quantitative estimate of drug-likeness (QED) is 0.750. The molecular weight excluding hydrogens is 320 g/mol. The molecule has 25 heavy (non-hydrogen) atoms. The van der Waals surface area contributed by atoms with Gasteiger partial charge in [0.25, 0.3) is 0 Å². The largest absolute Gasteiger partial charge is 0.369 e. The van der Waals surface area contributed by atoms with Gasteiger partial charge in [0.1, 0.15) is 6.61 Å². The first-order chi connectivity index (χ1) is 12.2. The second-order valence-electron chi connectivity index (χ2n) is 6.90. The number of hydrogen-bond acceptors (Lipinski definition) is 4. The van der Waals surface area contributed by atoms with Crippen LogP contribution in [0.2, 0.25) is 0 Å². The summed E-state index contributed by atoms with van der Waals surface area (Å²) < 4.78 is 7.63. The third-order valence-electron chi connectivity index (χ3n) is 4.97. The highest BCUT2D eigenvalue weighted by atomic mass is 16.5. The van der Waals surface area contributed by atoms with Gasteiger partial charge in [0.15, 0.2) is 0 Å². The molecule has 0 spiro atoms. The predicted molar refractivity (Wildman–Crippen MR) is 92.8 cm³/mol. The second kappa shape index (κ2) is 8.47. The highest BCUT2D eigenvalue weighted by Crippen LogP contribution is 2.21. The molecule has 0 saturated carbocycles. The van der Waals surface area contributed by atoms with Crippen LogP contribution in [0.4, 0.5) is 0 Å². The van der Waals surface area contributed by atoms with Gasteiger partial charge >= 0.3 is 0 Å². The number of carbonyl (C=O) groups is 2. The van der Waals surface area contributed by atoms with Gasteiger partial charge in [0, 0.05) is 32.3 Å². The number of fused-ring (bicyclic) bond motifs is 1. The van der Waals surface area contributed by atoms with Crippen molar-refractivity contribution in [3.8, 4) is 0 Å². The van der Waals surface area contributed by atoms with Crippen LogP contribution in [0.3, 0.4) is 0 Å². The van der Waals surface area contributed by atoms with E-state index >= 15 is 0 Å². The van der Waals surface area contributed by atoms with Gasteiger partial charge in [-0.25, -0.2) is 0 Å². The molecule has 0 N–H and O–H groups in total. The van der Waals surface area contributed by atoms with Gasteiger partial charge in [0.05, 0.1) is 24.9 Å². The third-order valence-corrected chi connectivity index (χ3v) is 4.97. The highest BCUT2D eigenvalue weighted by molar-refractivity contribution is 5.77. The minimum absolute atomic E-state index is 0.0318. The summed E-state index contributed by atoms with van der Waals surface area (Å²) in [4.78, 5) is 28.2. The fourth-order valence-electron chi connectivity index (χ4n) is 3.53. The van der Waals surface area contributed by atoms with E-state index in [2.05, 4.69) is 12.0 Å². The Labute approximate surface area is 148 Å². The first-order valence-corrected chi connectivity index (χ1v) is 9.34. The number of nitrogens with zero attached hydrogens (tertiary/aromatic N) is 4. The monoisotopic (exact) mass is 348 g/mol. The minimum Gasteiger partial charge on any atom is -0.369 e. The lowest BCUT2D eigenvalue weighted by atomic mass is 10.1. The number of likely N-dealkylation sites (tertiary alicyclic amines) is 1. The van der Waals surface area contributed by atoms with E-state index in [0.717, 1.165) is 44.5 Å². The molecule has 2 aliphatic heterocycles. The second-order valence-corrected chi connectivity index (χ2v) is 6.90. The lowest BCUT2D eigenvalue weighted by molar-refractivity contribution is -0.137. The average molecular weight is 348 g/mol. The van der Waals surface area contributed by atoms with E-state index in [9.17, 15) is 9.59 Å². The van der Waals surface area contributed by atoms with Crippen molar-refractivity contribution in [1.29, 1.82) is 0 Å². The Morgan fingerprint density at radius 3 is 2.80 bits per heavy atom. The molecule has 1 atom stereocenters. The summed E-state index contributed by atoms with van der Waals surface area (Å²) in [6.07, 6.45) is 6.45. The Morgan fingerprint density at radius 2 is 2.04 bits per heavy atom. The summed E-state index contributed by atoms with van der Waals surface area (Å²) in [6, 6.07) is 1.91. The Balaban J connectivity index is 1.54. The Morgan fingerprint density at radius 1 is 1.24 bits per heavy atom. The molecule has 0 aliphatic carbocycles.